The Morgan fingerprint density at radius 1 is 1.30 bits per heavy atom. The zero-order chi connectivity index (χ0) is 14.5. The molecule has 1 heterocycles. The van der Waals surface area contributed by atoms with Crippen LogP contribution in [0.1, 0.15) is 24.2 Å². The van der Waals surface area contributed by atoms with Gasteiger partial charge in [0.15, 0.2) is 0 Å². The second-order valence-electron chi connectivity index (χ2n) is 4.98. The monoisotopic (exact) mass is 285 g/mol. The quantitative estimate of drug-likeness (QED) is 0.882. The molecule has 1 aromatic carbocycles. The topological polar surface area (TPSA) is 42.1 Å². The molecular formula is C16H19N3S. The van der Waals surface area contributed by atoms with Crippen LogP contribution in [0.25, 0.3) is 10.4 Å². The second kappa shape index (κ2) is 6.67. The minimum atomic E-state index is 0.0601. The summed E-state index contributed by atoms with van der Waals surface area (Å²) in [4.78, 5) is 7.50. The largest absolute Gasteiger partial charge is 0.324 e. The molecule has 2 N–H and O–H groups in total. The highest BCUT2D eigenvalue weighted by Crippen LogP contribution is 2.28. The van der Waals surface area contributed by atoms with Crippen molar-refractivity contribution in [1.82, 2.24) is 9.88 Å². The van der Waals surface area contributed by atoms with Gasteiger partial charge in [-0.1, -0.05) is 30.2 Å². The zero-order valence-electron chi connectivity index (χ0n) is 12.1. The van der Waals surface area contributed by atoms with Gasteiger partial charge in [-0.2, -0.15) is 0 Å². The lowest BCUT2D eigenvalue weighted by molar-refractivity contribution is 0.464. The van der Waals surface area contributed by atoms with E-state index in [1.807, 2.05) is 31.4 Å². The van der Waals surface area contributed by atoms with Crippen molar-refractivity contribution in [3.8, 4) is 22.3 Å². The van der Waals surface area contributed by atoms with Crippen LogP contribution in [0.5, 0.6) is 0 Å². The van der Waals surface area contributed by atoms with E-state index in [1.165, 1.54) is 0 Å². The van der Waals surface area contributed by atoms with Gasteiger partial charge in [-0.25, -0.2) is 4.98 Å². The molecule has 0 saturated heterocycles. The lowest BCUT2D eigenvalue weighted by Crippen LogP contribution is -2.10. The number of nitrogens with zero attached hydrogens (tertiary/aromatic N) is 2. The molecule has 0 bridgehead atoms. The molecule has 4 heteroatoms. The first-order valence-corrected chi connectivity index (χ1v) is 7.39. The minimum Gasteiger partial charge on any atom is -0.324 e. The van der Waals surface area contributed by atoms with Gasteiger partial charge >= 0.3 is 0 Å². The summed E-state index contributed by atoms with van der Waals surface area (Å²) in [6.07, 6.45) is 0. The molecule has 104 valence electrons. The van der Waals surface area contributed by atoms with Crippen LogP contribution in [-0.4, -0.2) is 30.5 Å². The third-order valence-corrected chi connectivity index (χ3v) is 3.74. The Morgan fingerprint density at radius 3 is 2.60 bits per heavy atom. The van der Waals surface area contributed by atoms with Crippen LogP contribution in [0, 0.1) is 11.8 Å². The molecule has 0 radical (unpaired) electrons. The van der Waals surface area contributed by atoms with Gasteiger partial charge in [-0.15, -0.1) is 11.3 Å². The molecule has 0 amide bonds. The fraction of sp³-hybridized carbons (Fsp3) is 0.312. The van der Waals surface area contributed by atoms with Crippen molar-refractivity contribution in [1.29, 1.82) is 0 Å². The Bertz CT molecular complexity index is 615. The standard InChI is InChI=1S/C16H19N3S/c1-12(17)13-6-8-14(9-7-13)16-15(18-11-20-16)5-4-10-19(2)3/h6-9,11-12H,10,17H2,1-3H3/t12-/m0/s1. The maximum absolute atomic E-state index is 5.87. The van der Waals surface area contributed by atoms with Crippen LogP contribution < -0.4 is 5.73 Å². The van der Waals surface area contributed by atoms with Crippen LogP contribution in [0.2, 0.25) is 0 Å². The van der Waals surface area contributed by atoms with Crippen molar-refractivity contribution in [2.75, 3.05) is 20.6 Å². The van der Waals surface area contributed by atoms with E-state index in [4.69, 9.17) is 5.73 Å². The van der Waals surface area contributed by atoms with Crippen molar-refractivity contribution < 1.29 is 0 Å². The molecule has 1 atom stereocenters. The summed E-state index contributed by atoms with van der Waals surface area (Å²) in [6.45, 7) is 2.72. The molecule has 2 aromatic rings. The number of hydrogen-bond donors (Lipinski definition) is 1. The SMILES string of the molecule is C[C@H](N)c1ccc(-c2scnc2C#CCN(C)C)cc1. The maximum Gasteiger partial charge on any atom is 0.132 e. The summed E-state index contributed by atoms with van der Waals surface area (Å²) in [7, 11) is 4.01. The molecular weight excluding hydrogens is 266 g/mol. The highest BCUT2D eigenvalue weighted by atomic mass is 32.1. The van der Waals surface area contributed by atoms with Gasteiger partial charge in [0.2, 0.25) is 0 Å². The van der Waals surface area contributed by atoms with Crippen LogP contribution >= 0.6 is 11.3 Å². The van der Waals surface area contributed by atoms with Gasteiger partial charge in [0.25, 0.3) is 0 Å². The highest BCUT2D eigenvalue weighted by Gasteiger charge is 2.07. The molecule has 0 saturated carbocycles. The lowest BCUT2D eigenvalue weighted by atomic mass is 10.1. The average molecular weight is 285 g/mol. The Labute approximate surface area is 124 Å². The Balaban J connectivity index is 2.24. The van der Waals surface area contributed by atoms with Gasteiger partial charge in [-0.05, 0) is 38.1 Å². The maximum atomic E-state index is 5.87. The first kappa shape index (κ1) is 14.7. The molecule has 0 unspecified atom stereocenters. The van der Waals surface area contributed by atoms with E-state index in [0.717, 1.165) is 28.2 Å². The van der Waals surface area contributed by atoms with Gasteiger partial charge < -0.3 is 5.73 Å². The Kier molecular flexibility index (Phi) is 4.91. The molecule has 0 fully saturated rings. The number of benzene rings is 1. The molecule has 2 rings (SSSR count). The molecule has 0 aliphatic rings. The summed E-state index contributed by atoms with van der Waals surface area (Å²) >= 11 is 1.62. The summed E-state index contributed by atoms with van der Waals surface area (Å²) in [6, 6.07) is 8.37. The molecule has 0 aliphatic heterocycles. The number of thiazole rings is 1. The summed E-state index contributed by atoms with van der Waals surface area (Å²) < 4.78 is 0. The van der Waals surface area contributed by atoms with E-state index in [2.05, 4.69) is 41.1 Å². The van der Waals surface area contributed by atoms with Gasteiger partial charge in [0.05, 0.1) is 16.9 Å². The smallest absolute Gasteiger partial charge is 0.132 e. The van der Waals surface area contributed by atoms with Crippen LogP contribution in [-0.2, 0) is 0 Å². The fourth-order valence-electron chi connectivity index (χ4n) is 1.76. The highest BCUT2D eigenvalue weighted by molar-refractivity contribution is 7.13. The molecule has 0 aliphatic carbocycles. The molecule has 0 spiro atoms. The zero-order valence-corrected chi connectivity index (χ0v) is 12.9. The van der Waals surface area contributed by atoms with Crippen molar-refractivity contribution >= 4 is 11.3 Å². The normalized spacial score (nSPS) is 12.1. The number of rotatable bonds is 3. The first-order valence-electron chi connectivity index (χ1n) is 6.51. The third kappa shape index (κ3) is 3.67. The summed E-state index contributed by atoms with van der Waals surface area (Å²) in [5.74, 6) is 6.27. The first-order chi connectivity index (χ1) is 9.58. The minimum absolute atomic E-state index is 0.0601. The van der Waals surface area contributed by atoms with Crippen molar-refractivity contribution in [3.05, 3.63) is 41.0 Å². The lowest BCUT2D eigenvalue weighted by Gasteiger charge is -2.06. The average Bonchev–Trinajstić information content (AvgIpc) is 2.87. The molecule has 20 heavy (non-hydrogen) atoms. The van der Waals surface area contributed by atoms with Crippen LogP contribution in [0.4, 0.5) is 0 Å². The van der Waals surface area contributed by atoms with Crippen molar-refractivity contribution in [3.63, 3.8) is 0 Å². The van der Waals surface area contributed by atoms with Crippen molar-refractivity contribution in [2.45, 2.75) is 13.0 Å². The summed E-state index contributed by atoms with van der Waals surface area (Å²) in [5.41, 5.74) is 10.8. The van der Waals surface area contributed by atoms with E-state index < -0.39 is 0 Å². The molecule has 3 nitrogen and oxygen atoms in total. The van der Waals surface area contributed by atoms with E-state index >= 15 is 0 Å². The third-order valence-electron chi connectivity index (χ3n) is 2.87. The van der Waals surface area contributed by atoms with Crippen LogP contribution in [0.15, 0.2) is 29.8 Å². The Hall–Kier alpha value is -1.67. The predicted molar refractivity (Wildman–Crippen MR) is 85.6 cm³/mol. The Morgan fingerprint density at radius 2 is 2.00 bits per heavy atom. The van der Waals surface area contributed by atoms with Gasteiger partial charge in [-0.3, -0.25) is 4.90 Å². The fourth-order valence-corrected chi connectivity index (χ4v) is 2.51. The van der Waals surface area contributed by atoms with Crippen molar-refractivity contribution in [2.24, 2.45) is 5.73 Å². The summed E-state index contributed by atoms with van der Waals surface area (Å²) in [5, 5.41) is 0. The van der Waals surface area contributed by atoms with E-state index in [-0.39, 0.29) is 6.04 Å². The second-order valence-corrected chi connectivity index (χ2v) is 5.84. The van der Waals surface area contributed by atoms with Crippen LogP contribution in [0.3, 0.4) is 0 Å². The van der Waals surface area contributed by atoms with E-state index in [1.54, 1.807) is 11.3 Å². The van der Waals surface area contributed by atoms with E-state index in [9.17, 15) is 0 Å². The predicted octanol–water partition coefficient (Wildman–Crippen LogP) is 2.74. The number of hydrogen-bond acceptors (Lipinski definition) is 4. The number of aromatic nitrogens is 1. The van der Waals surface area contributed by atoms with Gasteiger partial charge in [0.1, 0.15) is 5.69 Å². The van der Waals surface area contributed by atoms with E-state index in [0.29, 0.717) is 0 Å². The molecule has 1 aromatic heterocycles. The van der Waals surface area contributed by atoms with Gasteiger partial charge in [0, 0.05) is 6.04 Å². The number of nitrogens with two attached hydrogens (primary N) is 1.